The number of nitrogens with one attached hydrogen (secondary N) is 1. The average Bonchev–Trinajstić information content (AvgIpc) is 2.43. The number of pyridine rings is 1. The summed E-state index contributed by atoms with van der Waals surface area (Å²) in [5.74, 6) is -1.30. The lowest BCUT2D eigenvalue weighted by atomic mass is 10.0. The van der Waals surface area contributed by atoms with E-state index in [0.717, 1.165) is 0 Å². The van der Waals surface area contributed by atoms with Crippen LogP contribution in [0.4, 0.5) is 8.78 Å². The van der Waals surface area contributed by atoms with Crippen molar-refractivity contribution in [3.63, 3.8) is 0 Å². The Balaban J connectivity index is 2.61. The van der Waals surface area contributed by atoms with Crippen LogP contribution < -0.4 is 5.32 Å². The number of nitrogens with zero attached hydrogens (tertiary/aromatic N) is 1. The second kappa shape index (κ2) is 6.61. The molecule has 1 unspecified atom stereocenters. The highest BCUT2D eigenvalue weighted by Gasteiger charge is 2.25. The molecule has 0 saturated carbocycles. The lowest BCUT2D eigenvalue weighted by Gasteiger charge is -2.20. The molecule has 0 aliphatic rings. The van der Waals surface area contributed by atoms with E-state index in [-0.39, 0.29) is 10.0 Å². The van der Waals surface area contributed by atoms with Crippen LogP contribution in [0.2, 0.25) is 5.02 Å². The average molecular weight is 362 g/mol. The molecule has 20 heavy (non-hydrogen) atoms. The number of halogens is 4. The summed E-state index contributed by atoms with van der Waals surface area (Å²) in [5, 5.41) is 3.38. The third-order valence-corrected chi connectivity index (χ3v) is 3.77. The van der Waals surface area contributed by atoms with Gasteiger partial charge in [-0.2, -0.15) is 0 Å². The molecule has 0 aliphatic carbocycles. The van der Waals surface area contributed by atoms with Gasteiger partial charge >= 0.3 is 0 Å². The lowest BCUT2D eigenvalue weighted by molar-refractivity contribution is 0.502. The molecule has 0 spiro atoms. The first kappa shape index (κ1) is 15.4. The van der Waals surface area contributed by atoms with Gasteiger partial charge in [-0.25, -0.2) is 8.78 Å². The minimum absolute atomic E-state index is 0.0955. The normalized spacial score (nSPS) is 12.4. The van der Waals surface area contributed by atoms with Gasteiger partial charge in [0.15, 0.2) is 0 Å². The molecule has 1 heterocycles. The maximum atomic E-state index is 14.3. The molecule has 0 radical (unpaired) electrons. The van der Waals surface area contributed by atoms with Crippen molar-refractivity contribution in [3.05, 3.63) is 62.8 Å². The first-order valence-corrected chi connectivity index (χ1v) is 7.20. The molecule has 1 aromatic carbocycles. The zero-order valence-corrected chi connectivity index (χ0v) is 13.0. The van der Waals surface area contributed by atoms with Gasteiger partial charge in [0.1, 0.15) is 11.6 Å². The molecule has 1 atom stereocenters. The van der Waals surface area contributed by atoms with Crippen molar-refractivity contribution < 1.29 is 8.78 Å². The van der Waals surface area contributed by atoms with Crippen molar-refractivity contribution in [2.24, 2.45) is 0 Å². The second-order valence-corrected chi connectivity index (χ2v) is 5.38. The van der Waals surface area contributed by atoms with Crippen LogP contribution >= 0.6 is 27.5 Å². The minimum atomic E-state index is -0.744. The predicted molar refractivity (Wildman–Crippen MR) is 78.8 cm³/mol. The van der Waals surface area contributed by atoms with Crippen LogP contribution in [-0.4, -0.2) is 11.5 Å². The summed E-state index contributed by atoms with van der Waals surface area (Å²) in [6.45, 7) is 2.36. The minimum Gasteiger partial charge on any atom is -0.305 e. The van der Waals surface area contributed by atoms with Gasteiger partial charge in [-0.1, -0.05) is 18.5 Å². The van der Waals surface area contributed by atoms with Crippen molar-refractivity contribution in [3.8, 4) is 0 Å². The van der Waals surface area contributed by atoms with Gasteiger partial charge in [-0.15, -0.1) is 0 Å². The first-order valence-electron chi connectivity index (χ1n) is 6.03. The summed E-state index contributed by atoms with van der Waals surface area (Å²) < 4.78 is 28.5. The highest BCUT2D eigenvalue weighted by atomic mass is 79.9. The standard InChI is InChI=1S/C14H12BrClF2N2/c1-2-19-14(13-9(16)4-3-7-20-13)11-10(17)6-5-8(15)12(11)18/h3-7,14,19H,2H2,1H3. The summed E-state index contributed by atoms with van der Waals surface area (Å²) in [5.41, 5.74) is 0.300. The number of rotatable bonds is 4. The van der Waals surface area contributed by atoms with Crippen molar-refractivity contribution in [1.82, 2.24) is 10.3 Å². The number of aromatic nitrogens is 1. The molecule has 106 valence electrons. The zero-order valence-electron chi connectivity index (χ0n) is 10.6. The van der Waals surface area contributed by atoms with Crippen LogP contribution in [0.5, 0.6) is 0 Å². The van der Waals surface area contributed by atoms with Gasteiger partial charge in [-0.05, 0) is 46.7 Å². The molecule has 1 aromatic heterocycles. The van der Waals surface area contributed by atoms with Crippen molar-refractivity contribution in [2.45, 2.75) is 13.0 Å². The van der Waals surface area contributed by atoms with E-state index in [4.69, 9.17) is 11.6 Å². The van der Waals surface area contributed by atoms with Crippen molar-refractivity contribution >= 4 is 27.5 Å². The molecule has 0 bridgehead atoms. The van der Waals surface area contributed by atoms with Gasteiger partial charge in [0.25, 0.3) is 0 Å². The molecule has 1 N–H and O–H groups in total. The second-order valence-electron chi connectivity index (χ2n) is 4.12. The van der Waals surface area contributed by atoms with Gasteiger partial charge in [-0.3, -0.25) is 4.98 Å². The fourth-order valence-corrected chi connectivity index (χ4v) is 2.53. The molecule has 2 nitrogen and oxygen atoms in total. The Morgan fingerprint density at radius 1 is 1.35 bits per heavy atom. The Labute approximate surface area is 129 Å². The van der Waals surface area contributed by atoms with E-state index in [1.165, 1.54) is 12.1 Å². The van der Waals surface area contributed by atoms with Gasteiger partial charge in [0.2, 0.25) is 0 Å². The molecule has 0 amide bonds. The summed E-state index contributed by atoms with van der Waals surface area (Å²) in [6.07, 6.45) is 1.54. The Bertz CT molecular complexity index is 622. The lowest BCUT2D eigenvalue weighted by Crippen LogP contribution is -2.25. The fraction of sp³-hybridized carbons (Fsp3) is 0.214. The third kappa shape index (κ3) is 3.00. The van der Waals surface area contributed by atoms with E-state index in [9.17, 15) is 8.78 Å². The number of benzene rings is 1. The third-order valence-electron chi connectivity index (χ3n) is 2.84. The largest absolute Gasteiger partial charge is 0.305 e. The molecular formula is C14H12BrClF2N2. The molecule has 6 heteroatoms. The Morgan fingerprint density at radius 2 is 2.10 bits per heavy atom. The first-order chi connectivity index (χ1) is 9.56. The summed E-state index contributed by atoms with van der Waals surface area (Å²) in [6, 6.07) is 5.11. The Kier molecular flexibility index (Phi) is 5.07. The van der Waals surface area contributed by atoms with Gasteiger partial charge in [0, 0.05) is 11.8 Å². The van der Waals surface area contributed by atoms with Crippen molar-refractivity contribution in [2.75, 3.05) is 6.54 Å². The van der Waals surface area contributed by atoms with Crippen LogP contribution in [0.1, 0.15) is 24.2 Å². The van der Waals surface area contributed by atoms with Crippen LogP contribution in [0, 0.1) is 11.6 Å². The van der Waals surface area contributed by atoms with E-state index >= 15 is 0 Å². The van der Waals surface area contributed by atoms with E-state index in [2.05, 4.69) is 26.2 Å². The van der Waals surface area contributed by atoms with Crippen molar-refractivity contribution in [1.29, 1.82) is 0 Å². The maximum absolute atomic E-state index is 14.3. The van der Waals surface area contributed by atoms with Crippen LogP contribution in [0.25, 0.3) is 0 Å². The van der Waals surface area contributed by atoms with Crippen LogP contribution in [0.15, 0.2) is 34.9 Å². The SMILES string of the molecule is CCNC(c1ncccc1Cl)c1c(F)ccc(Br)c1F. The van der Waals surface area contributed by atoms with Crippen LogP contribution in [0.3, 0.4) is 0 Å². The highest BCUT2D eigenvalue weighted by Crippen LogP contribution is 2.32. The monoisotopic (exact) mass is 360 g/mol. The maximum Gasteiger partial charge on any atom is 0.145 e. The molecule has 2 aromatic rings. The summed E-state index contributed by atoms with van der Waals surface area (Å²) in [7, 11) is 0. The summed E-state index contributed by atoms with van der Waals surface area (Å²) >= 11 is 9.16. The predicted octanol–water partition coefficient (Wildman–Crippen LogP) is 4.47. The quantitative estimate of drug-likeness (QED) is 0.813. The number of hydrogen-bond donors (Lipinski definition) is 1. The van der Waals surface area contributed by atoms with Gasteiger partial charge < -0.3 is 5.32 Å². The molecule has 0 saturated heterocycles. The van der Waals surface area contributed by atoms with E-state index in [1.54, 1.807) is 18.3 Å². The van der Waals surface area contributed by atoms with Crippen LogP contribution in [-0.2, 0) is 0 Å². The highest BCUT2D eigenvalue weighted by molar-refractivity contribution is 9.10. The fourth-order valence-electron chi connectivity index (χ4n) is 1.96. The van der Waals surface area contributed by atoms with Gasteiger partial charge in [0.05, 0.1) is 21.2 Å². The topological polar surface area (TPSA) is 24.9 Å². The van der Waals surface area contributed by atoms with E-state index in [1.807, 2.05) is 6.92 Å². The van der Waals surface area contributed by atoms with E-state index in [0.29, 0.717) is 17.3 Å². The van der Waals surface area contributed by atoms with E-state index < -0.39 is 17.7 Å². The molecule has 0 fully saturated rings. The molecule has 2 rings (SSSR count). The summed E-state index contributed by atoms with van der Waals surface area (Å²) in [4.78, 5) is 4.14. The zero-order chi connectivity index (χ0) is 14.7. The smallest absolute Gasteiger partial charge is 0.145 e. The molecular weight excluding hydrogens is 350 g/mol. The Morgan fingerprint density at radius 3 is 2.75 bits per heavy atom. The number of hydrogen-bond acceptors (Lipinski definition) is 2. The molecule has 0 aliphatic heterocycles. The Hall–Kier alpha value is -1.04.